The summed E-state index contributed by atoms with van der Waals surface area (Å²) >= 11 is 0. The van der Waals surface area contributed by atoms with Gasteiger partial charge in [0.25, 0.3) is 5.56 Å². The topological polar surface area (TPSA) is 115 Å². The van der Waals surface area contributed by atoms with E-state index >= 15 is 0 Å². The molecule has 0 bridgehead atoms. The van der Waals surface area contributed by atoms with Crippen LogP contribution >= 0.6 is 0 Å². The predicted molar refractivity (Wildman–Crippen MR) is 159 cm³/mol. The van der Waals surface area contributed by atoms with Crippen LogP contribution in [0.15, 0.2) is 47.7 Å². The Kier molecular flexibility index (Phi) is 11.3. The van der Waals surface area contributed by atoms with Crippen LogP contribution in [0.1, 0.15) is 43.4 Å². The molecule has 0 spiro atoms. The van der Waals surface area contributed by atoms with Crippen molar-refractivity contribution < 1.29 is 40.6 Å². The van der Waals surface area contributed by atoms with E-state index in [0.717, 1.165) is 23.3 Å². The molecule has 3 aromatic rings. The summed E-state index contributed by atoms with van der Waals surface area (Å²) in [5, 5.41) is 6.56. The predicted octanol–water partition coefficient (Wildman–Crippen LogP) is 4.46. The largest absolute Gasteiger partial charge is 0.497 e. The van der Waals surface area contributed by atoms with Crippen LogP contribution in [-0.2, 0) is 28.4 Å². The van der Waals surface area contributed by atoms with E-state index in [1.807, 2.05) is 0 Å². The summed E-state index contributed by atoms with van der Waals surface area (Å²) in [5.74, 6) is 0.414. The van der Waals surface area contributed by atoms with Gasteiger partial charge in [-0.2, -0.15) is 31.4 Å². The number of carbonyl (C=O) groups is 1. The van der Waals surface area contributed by atoms with Gasteiger partial charge in [0.05, 0.1) is 37.7 Å². The molecule has 17 heteroatoms. The summed E-state index contributed by atoms with van der Waals surface area (Å²) in [7, 11) is 1.48. The van der Waals surface area contributed by atoms with E-state index in [1.165, 1.54) is 7.11 Å². The molecule has 47 heavy (non-hydrogen) atoms. The Morgan fingerprint density at radius 1 is 1.04 bits per heavy atom. The Labute approximate surface area is 266 Å². The van der Waals surface area contributed by atoms with Gasteiger partial charge >= 0.3 is 12.4 Å². The minimum atomic E-state index is -4.96. The zero-order valence-corrected chi connectivity index (χ0v) is 25.9. The van der Waals surface area contributed by atoms with Crippen LogP contribution in [-0.4, -0.2) is 82.6 Å². The van der Waals surface area contributed by atoms with Crippen molar-refractivity contribution in [3.05, 3.63) is 69.9 Å². The highest BCUT2D eigenvalue weighted by atomic mass is 19.4. The van der Waals surface area contributed by atoms with E-state index in [1.54, 1.807) is 47.9 Å². The molecule has 11 nitrogen and oxygen atoms in total. The number of nitrogens with one attached hydrogen (secondary N) is 1. The van der Waals surface area contributed by atoms with Crippen LogP contribution in [0.4, 0.5) is 38.0 Å². The molecule has 1 amide bonds. The van der Waals surface area contributed by atoms with Gasteiger partial charge in [0.2, 0.25) is 11.9 Å². The van der Waals surface area contributed by atoms with Crippen molar-refractivity contribution in [1.29, 1.82) is 0 Å². The first-order valence-electron chi connectivity index (χ1n) is 14.8. The minimum Gasteiger partial charge on any atom is -0.497 e. The number of anilines is 2. The first-order valence-corrected chi connectivity index (χ1v) is 14.8. The SMILES string of the molecule is CCN(C(=O)COC[C@H](C)Nc1cnn(Cc2ccc(OC)cc2)c(=O)c1C(F)(F)F)C1CCN(c2ncc(C(F)(F)F)cn2)CC1. The van der Waals surface area contributed by atoms with Gasteiger partial charge in [-0.25, -0.2) is 14.6 Å². The molecule has 4 rings (SSSR count). The number of amides is 1. The fraction of sp³-hybridized carbons (Fsp3) is 0.500. The highest BCUT2D eigenvalue weighted by Crippen LogP contribution is 2.32. The second-order valence-corrected chi connectivity index (χ2v) is 11.0. The Morgan fingerprint density at radius 3 is 2.23 bits per heavy atom. The van der Waals surface area contributed by atoms with Gasteiger partial charge in [-0.3, -0.25) is 9.59 Å². The number of rotatable bonds is 12. The van der Waals surface area contributed by atoms with Crippen molar-refractivity contribution in [2.75, 3.05) is 50.2 Å². The van der Waals surface area contributed by atoms with E-state index in [4.69, 9.17) is 9.47 Å². The second-order valence-electron chi connectivity index (χ2n) is 11.0. The third kappa shape index (κ3) is 9.11. The monoisotopic (exact) mass is 671 g/mol. The molecule has 0 saturated carbocycles. The molecule has 0 aliphatic carbocycles. The third-order valence-electron chi connectivity index (χ3n) is 7.63. The quantitative estimate of drug-likeness (QED) is 0.279. The van der Waals surface area contributed by atoms with Crippen LogP contribution in [0.3, 0.4) is 0 Å². The van der Waals surface area contributed by atoms with E-state index < -0.39 is 40.8 Å². The highest BCUT2D eigenvalue weighted by molar-refractivity contribution is 5.77. The number of carbonyl (C=O) groups excluding carboxylic acids is 1. The van der Waals surface area contributed by atoms with Gasteiger partial charge in [0.1, 0.15) is 17.9 Å². The van der Waals surface area contributed by atoms with Gasteiger partial charge in [-0.1, -0.05) is 12.1 Å². The molecule has 1 atom stereocenters. The average Bonchev–Trinajstić information content (AvgIpc) is 3.02. The number of hydrogen-bond acceptors (Lipinski definition) is 9. The van der Waals surface area contributed by atoms with Crippen LogP contribution in [0.2, 0.25) is 0 Å². The van der Waals surface area contributed by atoms with Crippen molar-refractivity contribution in [3.63, 3.8) is 0 Å². The lowest BCUT2D eigenvalue weighted by Gasteiger charge is -2.38. The van der Waals surface area contributed by atoms with Crippen LogP contribution in [0, 0.1) is 0 Å². The van der Waals surface area contributed by atoms with Crippen molar-refractivity contribution in [3.8, 4) is 5.75 Å². The van der Waals surface area contributed by atoms with E-state index in [0.29, 0.717) is 43.8 Å². The van der Waals surface area contributed by atoms with Crippen LogP contribution in [0.5, 0.6) is 5.75 Å². The van der Waals surface area contributed by atoms with Crippen LogP contribution < -0.4 is 20.5 Å². The van der Waals surface area contributed by atoms with Crippen molar-refractivity contribution in [2.24, 2.45) is 0 Å². The summed E-state index contributed by atoms with van der Waals surface area (Å²) in [6, 6.07) is 5.62. The number of nitrogens with zero attached hydrogens (tertiary/aromatic N) is 6. The van der Waals surface area contributed by atoms with Gasteiger partial charge in [0, 0.05) is 44.1 Å². The smallest absolute Gasteiger partial charge is 0.423 e. The number of alkyl halides is 6. The van der Waals surface area contributed by atoms with E-state index in [-0.39, 0.29) is 37.7 Å². The number of aromatic nitrogens is 4. The Morgan fingerprint density at radius 2 is 1.68 bits per heavy atom. The molecule has 1 fully saturated rings. The van der Waals surface area contributed by atoms with Gasteiger partial charge in [-0.05, 0) is 44.4 Å². The van der Waals surface area contributed by atoms with E-state index in [9.17, 15) is 35.9 Å². The Hall–Kier alpha value is -4.41. The number of likely N-dealkylation sites (N-methyl/N-ethyl adjacent to an activating group) is 1. The minimum absolute atomic E-state index is 0.140. The average molecular weight is 672 g/mol. The molecule has 1 N–H and O–H groups in total. The molecule has 256 valence electrons. The maximum absolute atomic E-state index is 14.0. The maximum atomic E-state index is 14.0. The number of halogens is 6. The van der Waals surface area contributed by atoms with Crippen molar-refractivity contribution >= 4 is 17.5 Å². The number of ether oxygens (including phenoxy) is 2. The molecule has 1 saturated heterocycles. The molecule has 3 heterocycles. The zero-order valence-electron chi connectivity index (χ0n) is 25.9. The van der Waals surface area contributed by atoms with E-state index in [2.05, 4.69) is 20.4 Å². The molecular formula is C30H35F6N7O4. The lowest BCUT2D eigenvalue weighted by Crippen LogP contribution is -2.49. The lowest BCUT2D eigenvalue weighted by atomic mass is 10.0. The highest BCUT2D eigenvalue weighted by Gasteiger charge is 2.38. The standard InChI is InChI=1S/C30H35F6N7O4/c1-4-42(22-9-11-41(12-10-22)28-37-13-21(14-38-28)29(31,32)33)25(44)18-47-17-19(2)40-24-15-39-43(27(45)26(24)30(34,35)36)16-20-5-7-23(46-3)8-6-20/h5-8,13-15,19,22,40H,4,9-12,16-18H2,1-3H3/t19-/m0/s1. The summed E-state index contributed by atoms with van der Waals surface area (Å²) in [6.07, 6.45) is -6.02. The maximum Gasteiger partial charge on any atom is 0.423 e. The second kappa shape index (κ2) is 15.0. The first-order chi connectivity index (χ1) is 22.2. The molecule has 1 aromatic carbocycles. The Balaban J connectivity index is 1.30. The van der Waals surface area contributed by atoms with Crippen molar-refractivity contribution in [1.82, 2.24) is 24.6 Å². The molecule has 0 unspecified atom stereocenters. The van der Waals surface area contributed by atoms with Crippen LogP contribution in [0.25, 0.3) is 0 Å². The molecule has 2 aromatic heterocycles. The third-order valence-corrected chi connectivity index (χ3v) is 7.63. The normalized spacial score (nSPS) is 15.0. The van der Waals surface area contributed by atoms with Gasteiger partial charge < -0.3 is 24.6 Å². The fourth-order valence-electron chi connectivity index (χ4n) is 5.25. The number of piperidine rings is 1. The molecule has 1 aliphatic rings. The summed E-state index contributed by atoms with van der Waals surface area (Å²) in [5.41, 5.74) is -3.59. The molecular weight excluding hydrogens is 636 g/mol. The molecule has 1 aliphatic heterocycles. The first kappa shape index (κ1) is 35.4. The lowest BCUT2D eigenvalue weighted by molar-refractivity contribution is -0.139. The summed E-state index contributed by atoms with van der Waals surface area (Å²) in [6.45, 7) is 3.94. The van der Waals surface area contributed by atoms with Crippen molar-refractivity contribution in [2.45, 2.75) is 57.7 Å². The van der Waals surface area contributed by atoms with Gasteiger partial charge in [0.15, 0.2) is 0 Å². The zero-order chi connectivity index (χ0) is 34.4. The summed E-state index contributed by atoms with van der Waals surface area (Å²) < 4.78 is 91.7. The number of hydrogen-bond donors (Lipinski definition) is 1. The summed E-state index contributed by atoms with van der Waals surface area (Å²) in [4.78, 5) is 36.9. The van der Waals surface area contributed by atoms with Gasteiger partial charge in [-0.15, -0.1) is 0 Å². The number of benzene rings is 1. The molecule has 0 radical (unpaired) electrons. The fourth-order valence-corrected chi connectivity index (χ4v) is 5.25. The Bertz CT molecular complexity index is 1540. The number of methoxy groups -OCH3 is 1.